The standard InChI is InChI=1S/C23H29NO5/c1-11-9-24-10-12-4-5-15(26)17-13(6-7-25)18(22(28)29-3)19-20(17)23(12,2)16(24)8-14(11)21(19)27/h11-12,14,16,25,27H,4-10H2,1-3H3. The molecule has 6 nitrogen and oxygen atoms in total. The van der Waals surface area contributed by atoms with Crippen LogP contribution in [0.5, 0.6) is 0 Å². The Morgan fingerprint density at radius 2 is 2.10 bits per heavy atom. The Hall–Kier alpha value is -1.92. The number of nitrogens with one attached hydrogen (secondary N) is 1. The highest BCUT2D eigenvalue weighted by Crippen LogP contribution is 2.60. The third-order valence-corrected chi connectivity index (χ3v) is 8.56. The number of aliphatic hydroxyl groups excluding tert-OH is 1. The molecule has 3 aliphatic carbocycles. The van der Waals surface area contributed by atoms with Gasteiger partial charge in [-0.05, 0) is 42.4 Å². The van der Waals surface area contributed by atoms with Crippen LogP contribution in [0.1, 0.15) is 39.5 Å². The van der Waals surface area contributed by atoms with Crippen molar-refractivity contribution >= 4 is 11.8 Å². The number of esters is 1. The predicted molar refractivity (Wildman–Crippen MR) is 102 cm³/mol. The molecule has 0 radical (unpaired) electrons. The van der Waals surface area contributed by atoms with Gasteiger partial charge in [0, 0.05) is 36.9 Å². The molecule has 2 bridgehead atoms. The SMILES string of the molecule is COC(=O)C1=C(CCO)C2=C3C1=C([O-])C1CC4[NH+](CC1C)CC(CCC2=O)C34C. The average molecular weight is 399 g/mol. The number of fused-ring (bicyclic) bond motifs is 1. The molecular formula is C23H29NO5. The molecule has 156 valence electrons. The molecular weight excluding hydrogens is 370 g/mol. The number of hydrogen-bond donors (Lipinski definition) is 2. The average Bonchev–Trinajstić information content (AvgIpc) is 3.11. The van der Waals surface area contributed by atoms with Gasteiger partial charge in [-0.2, -0.15) is 0 Å². The van der Waals surface area contributed by atoms with Gasteiger partial charge in [0.25, 0.3) is 0 Å². The molecule has 0 aromatic heterocycles. The van der Waals surface area contributed by atoms with Crippen LogP contribution in [0.25, 0.3) is 0 Å². The number of ketones is 1. The zero-order valence-corrected chi connectivity index (χ0v) is 17.3. The van der Waals surface area contributed by atoms with Gasteiger partial charge in [0.1, 0.15) is 0 Å². The number of hydrogen-bond acceptors (Lipinski definition) is 5. The lowest BCUT2D eigenvalue weighted by atomic mass is 9.65. The van der Waals surface area contributed by atoms with Crippen LogP contribution in [-0.4, -0.2) is 49.7 Å². The second-order valence-corrected chi connectivity index (χ2v) is 9.69. The molecule has 0 amide bonds. The summed E-state index contributed by atoms with van der Waals surface area (Å²) in [6, 6.07) is 0.290. The lowest BCUT2D eigenvalue weighted by Crippen LogP contribution is -3.16. The largest absolute Gasteiger partial charge is 0.875 e. The van der Waals surface area contributed by atoms with Crippen molar-refractivity contribution in [3.8, 4) is 0 Å². The minimum atomic E-state index is -0.566. The number of Topliss-reactive ketones (excluding diaryl/α,β-unsaturated/α-hetero) is 1. The van der Waals surface area contributed by atoms with Crippen LogP contribution >= 0.6 is 0 Å². The Morgan fingerprint density at radius 3 is 2.79 bits per heavy atom. The fourth-order valence-corrected chi connectivity index (χ4v) is 7.28. The summed E-state index contributed by atoms with van der Waals surface area (Å²) in [4.78, 5) is 27.7. The lowest BCUT2D eigenvalue weighted by Gasteiger charge is -2.42. The van der Waals surface area contributed by atoms with Gasteiger partial charge in [-0.15, -0.1) is 5.76 Å². The van der Waals surface area contributed by atoms with Crippen molar-refractivity contribution in [2.24, 2.45) is 23.2 Å². The minimum absolute atomic E-state index is 0.00136. The molecule has 6 atom stereocenters. The van der Waals surface area contributed by atoms with E-state index in [1.54, 1.807) is 4.90 Å². The number of carbonyl (C=O) groups excluding carboxylic acids is 2. The van der Waals surface area contributed by atoms with Gasteiger partial charge in [0.15, 0.2) is 5.78 Å². The summed E-state index contributed by atoms with van der Waals surface area (Å²) in [5.74, 6) is -0.124. The van der Waals surface area contributed by atoms with Gasteiger partial charge in [-0.1, -0.05) is 6.92 Å². The summed E-state index contributed by atoms with van der Waals surface area (Å²) in [6.07, 6.45) is 2.26. The van der Waals surface area contributed by atoms with E-state index in [1.807, 2.05) is 0 Å². The van der Waals surface area contributed by atoms with Crippen molar-refractivity contribution in [1.82, 2.24) is 0 Å². The Kier molecular flexibility index (Phi) is 4.13. The Labute approximate surface area is 170 Å². The summed E-state index contributed by atoms with van der Waals surface area (Å²) in [6.45, 7) is 6.18. The lowest BCUT2D eigenvalue weighted by molar-refractivity contribution is -0.926. The first-order valence-corrected chi connectivity index (χ1v) is 10.8. The summed E-state index contributed by atoms with van der Waals surface area (Å²) in [7, 11) is 1.31. The number of methoxy groups -OCH3 is 1. The third kappa shape index (κ3) is 2.24. The van der Waals surface area contributed by atoms with Gasteiger partial charge >= 0.3 is 5.97 Å². The van der Waals surface area contributed by atoms with E-state index in [0.29, 0.717) is 35.1 Å². The normalized spacial score (nSPS) is 40.4. The molecule has 2 aliphatic heterocycles. The molecule has 0 aromatic carbocycles. The number of carbonyl (C=O) groups is 2. The van der Waals surface area contributed by atoms with Crippen molar-refractivity contribution in [3.63, 3.8) is 0 Å². The molecule has 29 heavy (non-hydrogen) atoms. The number of aliphatic hydroxyl groups is 1. The van der Waals surface area contributed by atoms with E-state index in [-0.39, 0.29) is 47.4 Å². The van der Waals surface area contributed by atoms with Crippen LogP contribution in [0.3, 0.4) is 0 Å². The monoisotopic (exact) mass is 399 g/mol. The number of rotatable bonds is 3. The van der Waals surface area contributed by atoms with Crippen LogP contribution in [0.15, 0.2) is 33.6 Å². The van der Waals surface area contributed by atoms with Crippen LogP contribution in [-0.2, 0) is 14.3 Å². The quantitative estimate of drug-likeness (QED) is 0.635. The second-order valence-electron chi connectivity index (χ2n) is 9.69. The molecule has 2 saturated heterocycles. The van der Waals surface area contributed by atoms with Gasteiger partial charge < -0.3 is 19.8 Å². The maximum absolute atomic E-state index is 13.8. The van der Waals surface area contributed by atoms with Gasteiger partial charge in [-0.3, -0.25) is 4.79 Å². The second kappa shape index (κ2) is 6.29. The van der Waals surface area contributed by atoms with Crippen molar-refractivity contribution in [1.29, 1.82) is 0 Å². The highest BCUT2D eigenvalue weighted by molar-refractivity contribution is 6.10. The van der Waals surface area contributed by atoms with E-state index in [9.17, 15) is 19.8 Å². The summed E-state index contributed by atoms with van der Waals surface area (Å²) < 4.78 is 5.08. The molecule has 2 heterocycles. The van der Waals surface area contributed by atoms with Gasteiger partial charge in [0.05, 0.1) is 37.2 Å². The summed E-state index contributed by atoms with van der Waals surface area (Å²) in [5, 5.41) is 23.6. The fraction of sp³-hybridized carbons (Fsp3) is 0.652. The fourth-order valence-electron chi connectivity index (χ4n) is 7.28. The van der Waals surface area contributed by atoms with Crippen LogP contribution in [0.4, 0.5) is 0 Å². The molecule has 0 saturated carbocycles. The van der Waals surface area contributed by atoms with E-state index >= 15 is 0 Å². The van der Waals surface area contributed by atoms with Crippen molar-refractivity contribution < 1.29 is 29.4 Å². The third-order valence-electron chi connectivity index (χ3n) is 8.56. The Morgan fingerprint density at radius 1 is 1.34 bits per heavy atom. The minimum Gasteiger partial charge on any atom is -0.875 e. The van der Waals surface area contributed by atoms with Gasteiger partial charge in [-0.25, -0.2) is 4.79 Å². The maximum Gasteiger partial charge on any atom is 0.338 e. The van der Waals surface area contributed by atoms with E-state index in [0.717, 1.165) is 31.5 Å². The maximum atomic E-state index is 13.8. The Balaban J connectivity index is 1.88. The molecule has 2 N–H and O–H groups in total. The highest BCUT2D eigenvalue weighted by atomic mass is 16.5. The number of piperidine rings is 1. The smallest absolute Gasteiger partial charge is 0.338 e. The van der Waals surface area contributed by atoms with Crippen molar-refractivity contribution in [2.45, 2.75) is 45.6 Å². The van der Waals surface area contributed by atoms with Gasteiger partial charge in [0.2, 0.25) is 0 Å². The molecule has 0 spiro atoms. The first kappa shape index (κ1) is 19.1. The summed E-state index contributed by atoms with van der Waals surface area (Å²) >= 11 is 0. The molecule has 2 fully saturated rings. The highest BCUT2D eigenvalue weighted by Gasteiger charge is 2.64. The van der Waals surface area contributed by atoms with Crippen LogP contribution in [0.2, 0.25) is 0 Å². The molecule has 5 aliphatic rings. The van der Waals surface area contributed by atoms with E-state index < -0.39 is 5.97 Å². The first-order chi connectivity index (χ1) is 13.8. The molecule has 0 aromatic rings. The van der Waals surface area contributed by atoms with Crippen LogP contribution in [0, 0.1) is 23.2 Å². The van der Waals surface area contributed by atoms with E-state index in [4.69, 9.17) is 4.74 Å². The van der Waals surface area contributed by atoms with E-state index in [2.05, 4.69) is 13.8 Å². The molecule has 6 unspecified atom stereocenters. The topological polar surface area (TPSA) is 91.1 Å². The number of ether oxygens (including phenoxy) is 1. The zero-order chi connectivity index (χ0) is 20.7. The van der Waals surface area contributed by atoms with Crippen molar-refractivity contribution in [3.05, 3.63) is 33.6 Å². The zero-order valence-electron chi connectivity index (χ0n) is 17.3. The molecule has 5 rings (SSSR count). The van der Waals surface area contributed by atoms with Crippen LogP contribution < -0.4 is 10.0 Å². The van der Waals surface area contributed by atoms with Crippen molar-refractivity contribution in [2.75, 3.05) is 26.8 Å². The predicted octanol–water partition coefficient (Wildman–Crippen LogP) is -0.315. The van der Waals surface area contributed by atoms with E-state index in [1.165, 1.54) is 7.11 Å². The summed E-state index contributed by atoms with van der Waals surface area (Å²) in [5.41, 5.74) is 2.29. The Bertz CT molecular complexity index is 912. The number of allylic oxidation sites excluding steroid dienone is 2. The first-order valence-electron chi connectivity index (χ1n) is 10.8. The molecule has 6 heteroatoms. The number of quaternary nitrogens is 1.